The molecule has 0 fully saturated rings. The largest absolute Gasteiger partial charge is 0.351 e. The van der Waals surface area contributed by atoms with E-state index in [2.05, 4.69) is 20.6 Å². The quantitative estimate of drug-likeness (QED) is 0.768. The van der Waals surface area contributed by atoms with E-state index in [-0.39, 0.29) is 11.7 Å². The van der Waals surface area contributed by atoms with Gasteiger partial charge in [0.05, 0.1) is 11.9 Å². The predicted molar refractivity (Wildman–Crippen MR) is 69.0 cm³/mol. The number of aromatic nitrogens is 4. The minimum absolute atomic E-state index is 0.198. The number of nitrogens with one attached hydrogen (secondary N) is 1. The van der Waals surface area contributed by atoms with Crippen LogP contribution in [0.5, 0.6) is 0 Å². The summed E-state index contributed by atoms with van der Waals surface area (Å²) in [6.45, 7) is 0.414. The highest BCUT2D eigenvalue weighted by Crippen LogP contribution is 2.08. The maximum atomic E-state index is 11.7. The molecule has 1 aromatic carbocycles. The van der Waals surface area contributed by atoms with Gasteiger partial charge in [0.25, 0.3) is 5.91 Å². The molecule has 3 aromatic rings. The number of nitrogens with zero attached hydrogens (tertiary/aromatic N) is 4. The lowest BCUT2D eigenvalue weighted by atomic mass is 10.2. The topological polar surface area (TPSA) is 85.8 Å². The molecule has 100 valence electrons. The third-order valence-electron chi connectivity index (χ3n) is 2.73. The summed E-state index contributed by atoms with van der Waals surface area (Å²) in [6.07, 6.45) is 4.54. The van der Waals surface area contributed by atoms with Crippen molar-refractivity contribution in [2.75, 3.05) is 0 Å². The Morgan fingerprint density at radius 3 is 2.75 bits per heavy atom. The first-order valence-corrected chi connectivity index (χ1v) is 5.96. The Bertz CT molecular complexity index is 674. The van der Waals surface area contributed by atoms with Gasteiger partial charge in [0.2, 0.25) is 5.76 Å². The standard InChI is InChI=1S/C13H11N5O2/c19-13(12-5-6-17-20-12)15-7-10-1-3-11(4-2-10)18-9-14-8-16-18/h1-6,8-9H,7H2,(H,15,19). The van der Waals surface area contributed by atoms with Gasteiger partial charge in [-0.05, 0) is 17.7 Å². The Morgan fingerprint density at radius 1 is 1.25 bits per heavy atom. The maximum Gasteiger partial charge on any atom is 0.290 e. The lowest BCUT2D eigenvalue weighted by Gasteiger charge is -2.05. The van der Waals surface area contributed by atoms with Crippen LogP contribution in [0.3, 0.4) is 0 Å². The predicted octanol–water partition coefficient (Wildman–Crippen LogP) is 1.19. The van der Waals surface area contributed by atoms with E-state index in [1.165, 1.54) is 18.6 Å². The molecule has 1 amide bonds. The van der Waals surface area contributed by atoms with Crippen LogP contribution in [0.25, 0.3) is 5.69 Å². The van der Waals surface area contributed by atoms with Crippen molar-refractivity contribution in [1.82, 2.24) is 25.2 Å². The van der Waals surface area contributed by atoms with Crippen molar-refractivity contribution in [3.63, 3.8) is 0 Å². The van der Waals surface area contributed by atoms with Crippen molar-refractivity contribution >= 4 is 5.91 Å². The second-order valence-corrected chi connectivity index (χ2v) is 4.07. The first-order chi connectivity index (χ1) is 9.83. The number of amides is 1. The number of hydrogen-bond acceptors (Lipinski definition) is 5. The molecule has 0 aliphatic carbocycles. The molecular formula is C13H11N5O2. The van der Waals surface area contributed by atoms with Gasteiger partial charge >= 0.3 is 0 Å². The normalized spacial score (nSPS) is 10.4. The van der Waals surface area contributed by atoms with Gasteiger partial charge in [-0.2, -0.15) is 5.10 Å². The molecule has 3 rings (SSSR count). The molecule has 7 heteroatoms. The second kappa shape index (κ2) is 5.35. The molecule has 20 heavy (non-hydrogen) atoms. The Kier molecular flexibility index (Phi) is 3.24. The van der Waals surface area contributed by atoms with Gasteiger partial charge in [-0.3, -0.25) is 4.79 Å². The zero-order valence-electron chi connectivity index (χ0n) is 10.4. The average molecular weight is 269 g/mol. The van der Waals surface area contributed by atoms with E-state index in [9.17, 15) is 4.79 Å². The van der Waals surface area contributed by atoms with Crippen LogP contribution in [0.1, 0.15) is 16.1 Å². The van der Waals surface area contributed by atoms with Gasteiger partial charge < -0.3 is 9.84 Å². The molecule has 0 unspecified atom stereocenters. The van der Waals surface area contributed by atoms with E-state index in [1.54, 1.807) is 11.0 Å². The molecule has 7 nitrogen and oxygen atoms in total. The van der Waals surface area contributed by atoms with Gasteiger partial charge in [0.15, 0.2) is 0 Å². The smallest absolute Gasteiger partial charge is 0.290 e. The Balaban J connectivity index is 1.63. The highest BCUT2D eigenvalue weighted by Gasteiger charge is 2.08. The summed E-state index contributed by atoms with van der Waals surface area (Å²) in [5, 5.41) is 10.3. The van der Waals surface area contributed by atoms with Crippen molar-refractivity contribution in [3.05, 3.63) is 60.5 Å². The molecule has 0 saturated carbocycles. The van der Waals surface area contributed by atoms with E-state index in [1.807, 2.05) is 24.3 Å². The van der Waals surface area contributed by atoms with Crippen LogP contribution in [0.4, 0.5) is 0 Å². The molecule has 0 spiro atoms. The van der Waals surface area contributed by atoms with Crippen molar-refractivity contribution in [1.29, 1.82) is 0 Å². The number of hydrogen-bond donors (Lipinski definition) is 1. The van der Waals surface area contributed by atoms with E-state index in [0.29, 0.717) is 6.54 Å². The Morgan fingerprint density at radius 2 is 2.10 bits per heavy atom. The van der Waals surface area contributed by atoms with Crippen molar-refractivity contribution in [3.8, 4) is 5.69 Å². The van der Waals surface area contributed by atoms with Crippen LogP contribution in [0.2, 0.25) is 0 Å². The molecule has 0 atom stereocenters. The molecule has 0 saturated heterocycles. The summed E-state index contributed by atoms with van der Waals surface area (Å²) in [6, 6.07) is 9.16. The highest BCUT2D eigenvalue weighted by molar-refractivity contribution is 5.91. The van der Waals surface area contributed by atoms with E-state index < -0.39 is 0 Å². The SMILES string of the molecule is O=C(NCc1ccc(-n2cncn2)cc1)c1ccno1. The van der Waals surface area contributed by atoms with Gasteiger partial charge in [-0.15, -0.1) is 0 Å². The minimum atomic E-state index is -0.289. The Hall–Kier alpha value is -2.96. The number of rotatable bonds is 4. The summed E-state index contributed by atoms with van der Waals surface area (Å²) in [5.74, 6) is -0.0907. The zero-order chi connectivity index (χ0) is 13.8. The summed E-state index contributed by atoms with van der Waals surface area (Å²) in [4.78, 5) is 15.6. The van der Waals surface area contributed by atoms with Crippen LogP contribution >= 0.6 is 0 Å². The summed E-state index contributed by atoms with van der Waals surface area (Å²) in [7, 11) is 0. The first kappa shape index (κ1) is 12.1. The second-order valence-electron chi connectivity index (χ2n) is 4.07. The van der Waals surface area contributed by atoms with Crippen LogP contribution in [0, 0.1) is 0 Å². The van der Waals surface area contributed by atoms with Crippen LogP contribution < -0.4 is 5.32 Å². The molecule has 0 aliphatic heterocycles. The van der Waals surface area contributed by atoms with Crippen LogP contribution in [0.15, 0.2) is 53.7 Å². The minimum Gasteiger partial charge on any atom is -0.351 e. The van der Waals surface area contributed by atoms with Gasteiger partial charge in [0.1, 0.15) is 12.7 Å². The lowest BCUT2D eigenvalue weighted by Crippen LogP contribution is -2.22. The number of carbonyl (C=O) groups excluding carboxylic acids is 1. The highest BCUT2D eigenvalue weighted by atomic mass is 16.5. The van der Waals surface area contributed by atoms with Crippen molar-refractivity contribution in [2.24, 2.45) is 0 Å². The van der Waals surface area contributed by atoms with Crippen LogP contribution in [-0.2, 0) is 6.54 Å². The van der Waals surface area contributed by atoms with Crippen LogP contribution in [-0.4, -0.2) is 25.8 Å². The van der Waals surface area contributed by atoms with E-state index in [0.717, 1.165) is 11.3 Å². The molecule has 0 bridgehead atoms. The molecule has 0 aliphatic rings. The molecule has 2 heterocycles. The molecular weight excluding hydrogens is 258 g/mol. The number of benzene rings is 1. The molecule has 1 N–H and O–H groups in total. The summed E-state index contributed by atoms with van der Waals surface area (Å²) >= 11 is 0. The van der Waals surface area contributed by atoms with E-state index in [4.69, 9.17) is 4.52 Å². The molecule has 0 radical (unpaired) electrons. The molecule has 2 aromatic heterocycles. The zero-order valence-corrected chi connectivity index (χ0v) is 10.4. The fourth-order valence-corrected chi connectivity index (χ4v) is 1.71. The third kappa shape index (κ3) is 2.56. The fourth-order valence-electron chi connectivity index (χ4n) is 1.71. The van der Waals surface area contributed by atoms with Gasteiger partial charge in [0, 0.05) is 12.6 Å². The summed E-state index contributed by atoms with van der Waals surface area (Å²) < 4.78 is 6.43. The van der Waals surface area contributed by atoms with Gasteiger partial charge in [-0.25, -0.2) is 9.67 Å². The van der Waals surface area contributed by atoms with E-state index >= 15 is 0 Å². The van der Waals surface area contributed by atoms with Gasteiger partial charge in [-0.1, -0.05) is 17.3 Å². The monoisotopic (exact) mass is 269 g/mol. The average Bonchev–Trinajstić information content (AvgIpc) is 3.18. The lowest BCUT2D eigenvalue weighted by molar-refractivity contribution is 0.0914. The third-order valence-corrected chi connectivity index (χ3v) is 2.73. The van der Waals surface area contributed by atoms with Crippen molar-refractivity contribution in [2.45, 2.75) is 6.54 Å². The summed E-state index contributed by atoms with van der Waals surface area (Å²) in [5.41, 5.74) is 1.88. The number of carbonyl (C=O) groups is 1. The first-order valence-electron chi connectivity index (χ1n) is 5.96. The maximum absolute atomic E-state index is 11.7. The van der Waals surface area contributed by atoms with Crippen molar-refractivity contribution < 1.29 is 9.32 Å². The fraction of sp³-hybridized carbons (Fsp3) is 0.0769. The Labute approximate surface area is 114 Å².